The Morgan fingerprint density at radius 3 is 2.75 bits per heavy atom. The number of carbonyl (C=O) groups is 1. The van der Waals surface area contributed by atoms with Crippen LogP contribution in [0.3, 0.4) is 0 Å². The van der Waals surface area contributed by atoms with E-state index in [1.807, 2.05) is 66.8 Å². The molecule has 0 atom stereocenters. The number of allylic oxidation sites excluding steroid dienone is 4. The highest BCUT2D eigenvalue weighted by molar-refractivity contribution is 5.96. The summed E-state index contributed by atoms with van der Waals surface area (Å²) in [5.74, 6) is -0.0608. The smallest absolute Gasteiger partial charge is 0.267 e. The lowest BCUT2D eigenvalue weighted by Crippen LogP contribution is -2.13. The first kappa shape index (κ1) is 12.4. The van der Waals surface area contributed by atoms with E-state index in [0.717, 1.165) is 16.8 Å². The Hall–Kier alpha value is -2.68. The van der Waals surface area contributed by atoms with E-state index in [0.29, 0.717) is 6.42 Å². The summed E-state index contributed by atoms with van der Waals surface area (Å²) in [6.07, 6.45) is 12.0. The molecule has 2 aromatic rings. The minimum Gasteiger partial charge on any atom is -0.267 e. The van der Waals surface area contributed by atoms with Crippen LogP contribution in [0.1, 0.15) is 22.5 Å². The number of rotatable bonds is 3. The van der Waals surface area contributed by atoms with Crippen molar-refractivity contribution in [3.8, 4) is 0 Å². The van der Waals surface area contributed by atoms with Gasteiger partial charge >= 0.3 is 0 Å². The molecule has 0 fully saturated rings. The Labute approximate surface area is 117 Å². The van der Waals surface area contributed by atoms with Gasteiger partial charge in [-0.25, -0.2) is 4.68 Å². The van der Waals surface area contributed by atoms with Crippen LogP contribution in [0.15, 0.2) is 66.4 Å². The van der Waals surface area contributed by atoms with E-state index in [1.165, 1.54) is 4.68 Å². The molecule has 20 heavy (non-hydrogen) atoms. The molecule has 1 aromatic heterocycles. The minimum absolute atomic E-state index is 0.0608. The fourth-order valence-electron chi connectivity index (χ4n) is 2.04. The zero-order valence-corrected chi connectivity index (χ0v) is 10.9. The van der Waals surface area contributed by atoms with Gasteiger partial charge in [0.15, 0.2) is 0 Å². The van der Waals surface area contributed by atoms with Crippen molar-refractivity contribution in [2.24, 2.45) is 0 Å². The van der Waals surface area contributed by atoms with Gasteiger partial charge < -0.3 is 0 Å². The molecule has 1 heterocycles. The molecule has 0 spiro atoms. The summed E-state index contributed by atoms with van der Waals surface area (Å²) >= 11 is 0. The van der Waals surface area contributed by atoms with Gasteiger partial charge in [0.25, 0.3) is 5.91 Å². The molecule has 3 heteroatoms. The first-order chi connectivity index (χ1) is 9.83. The van der Waals surface area contributed by atoms with Crippen LogP contribution in [0.2, 0.25) is 0 Å². The molecule has 98 valence electrons. The Bertz CT molecular complexity index is 706. The summed E-state index contributed by atoms with van der Waals surface area (Å²) in [4.78, 5) is 12.1. The van der Waals surface area contributed by atoms with E-state index >= 15 is 0 Å². The maximum atomic E-state index is 12.1. The summed E-state index contributed by atoms with van der Waals surface area (Å²) in [5, 5.41) is 4.28. The van der Waals surface area contributed by atoms with Gasteiger partial charge in [-0.05, 0) is 24.1 Å². The van der Waals surface area contributed by atoms with Crippen molar-refractivity contribution < 1.29 is 4.79 Å². The Morgan fingerprint density at radius 1 is 1.15 bits per heavy atom. The van der Waals surface area contributed by atoms with Gasteiger partial charge in [0.05, 0.1) is 5.69 Å². The Kier molecular flexibility index (Phi) is 3.42. The fourth-order valence-corrected chi connectivity index (χ4v) is 2.04. The van der Waals surface area contributed by atoms with E-state index in [4.69, 9.17) is 0 Å². The molecule has 0 saturated carbocycles. The summed E-state index contributed by atoms with van der Waals surface area (Å²) in [6.45, 7) is 0. The molecule has 0 radical (unpaired) electrons. The first-order valence-corrected chi connectivity index (χ1v) is 6.52. The van der Waals surface area contributed by atoms with Gasteiger partial charge in [-0.15, -0.1) is 0 Å². The predicted octanol–water partition coefficient (Wildman–Crippen LogP) is 3.58. The highest BCUT2D eigenvalue weighted by Gasteiger charge is 2.13. The summed E-state index contributed by atoms with van der Waals surface area (Å²) in [6, 6.07) is 11.8. The monoisotopic (exact) mass is 262 g/mol. The average molecular weight is 262 g/mol. The highest BCUT2D eigenvalue weighted by Crippen LogP contribution is 2.13. The lowest BCUT2D eigenvalue weighted by atomic mass is 10.2. The molecular formula is C17H14N2O. The molecular weight excluding hydrogens is 248 g/mol. The van der Waals surface area contributed by atoms with E-state index in [1.54, 1.807) is 6.20 Å². The van der Waals surface area contributed by atoms with Gasteiger partial charge in [0.2, 0.25) is 0 Å². The van der Waals surface area contributed by atoms with Crippen molar-refractivity contribution in [2.45, 2.75) is 6.42 Å². The van der Waals surface area contributed by atoms with E-state index < -0.39 is 0 Å². The molecule has 0 saturated heterocycles. The molecule has 3 nitrogen and oxygen atoms in total. The number of carbonyl (C=O) groups excluding carboxylic acids is 1. The standard InChI is InChI=1S/C17H14N2O/c20-17(15-8-4-5-9-15)19-13-12-16(18-19)11-10-14-6-2-1-3-7-14/h1-8,10-13H,9H2. The largest absolute Gasteiger partial charge is 0.274 e. The predicted molar refractivity (Wildman–Crippen MR) is 80.1 cm³/mol. The van der Waals surface area contributed by atoms with E-state index in [9.17, 15) is 4.79 Å². The third-order valence-electron chi connectivity index (χ3n) is 3.11. The third kappa shape index (κ3) is 2.67. The molecule has 0 N–H and O–H groups in total. The molecule has 3 rings (SSSR count). The second kappa shape index (κ2) is 5.53. The minimum atomic E-state index is -0.0608. The van der Waals surface area contributed by atoms with Crippen LogP contribution in [0.4, 0.5) is 0 Å². The van der Waals surface area contributed by atoms with E-state index in [2.05, 4.69) is 5.10 Å². The van der Waals surface area contributed by atoms with Crippen molar-refractivity contribution in [3.05, 3.63) is 77.7 Å². The second-order valence-corrected chi connectivity index (χ2v) is 4.56. The zero-order chi connectivity index (χ0) is 13.8. The first-order valence-electron chi connectivity index (χ1n) is 6.52. The SMILES string of the molecule is O=C(C1=CC=CC1)n1ccc(C=Cc2ccccc2)n1. The summed E-state index contributed by atoms with van der Waals surface area (Å²) in [5.41, 5.74) is 2.65. The van der Waals surface area contributed by atoms with Gasteiger partial charge in [-0.2, -0.15) is 5.10 Å². The number of benzene rings is 1. The van der Waals surface area contributed by atoms with Crippen LogP contribution in [-0.2, 0) is 0 Å². The van der Waals surface area contributed by atoms with Crippen molar-refractivity contribution in [2.75, 3.05) is 0 Å². The average Bonchev–Trinajstić information content (AvgIpc) is 3.17. The van der Waals surface area contributed by atoms with Crippen LogP contribution in [0.5, 0.6) is 0 Å². The Balaban J connectivity index is 1.74. The van der Waals surface area contributed by atoms with Gasteiger partial charge in [-0.1, -0.05) is 54.6 Å². The third-order valence-corrected chi connectivity index (χ3v) is 3.11. The fraction of sp³-hybridized carbons (Fsp3) is 0.0588. The van der Waals surface area contributed by atoms with Gasteiger partial charge in [0.1, 0.15) is 0 Å². The lowest BCUT2D eigenvalue weighted by molar-refractivity contribution is 0.0938. The normalized spacial score (nSPS) is 13.9. The molecule has 1 aliphatic rings. The number of nitrogens with zero attached hydrogens (tertiary/aromatic N) is 2. The molecule has 1 aliphatic carbocycles. The molecule has 0 bridgehead atoms. The van der Waals surface area contributed by atoms with Crippen molar-refractivity contribution in [1.29, 1.82) is 0 Å². The number of hydrogen-bond donors (Lipinski definition) is 0. The zero-order valence-electron chi connectivity index (χ0n) is 10.9. The van der Waals surface area contributed by atoms with Gasteiger partial charge in [0, 0.05) is 11.8 Å². The number of aromatic nitrogens is 2. The quantitative estimate of drug-likeness (QED) is 0.847. The van der Waals surface area contributed by atoms with Crippen LogP contribution < -0.4 is 0 Å². The topological polar surface area (TPSA) is 34.9 Å². The molecule has 0 amide bonds. The van der Waals surface area contributed by atoms with Crippen LogP contribution in [0.25, 0.3) is 12.2 Å². The van der Waals surface area contributed by atoms with Crippen molar-refractivity contribution in [1.82, 2.24) is 9.78 Å². The molecule has 0 aliphatic heterocycles. The molecule has 0 unspecified atom stereocenters. The van der Waals surface area contributed by atoms with Crippen LogP contribution in [0, 0.1) is 0 Å². The lowest BCUT2D eigenvalue weighted by Gasteiger charge is -1.99. The van der Waals surface area contributed by atoms with Crippen LogP contribution >= 0.6 is 0 Å². The second-order valence-electron chi connectivity index (χ2n) is 4.56. The van der Waals surface area contributed by atoms with Gasteiger partial charge in [-0.3, -0.25) is 4.79 Å². The van der Waals surface area contributed by atoms with Crippen molar-refractivity contribution in [3.63, 3.8) is 0 Å². The maximum absolute atomic E-state index is 12.1. The Morgan fingerprint density at radius 2 is 2.00 bits per heavy atom. The van der Waals surface area contributed by atoms with Crippen LogP contribution in [-0.4, -0.2) is 15.7 Å². The van der Waals surface area contributed by atoms with E-state index in [-0.39, 0.29) is 5.91 Å². The van der Waals surface area contributed by atoms with Crippen molar-refractivity contribution >= 4 is 18.1 Å². The maximum Gasteiger partial charge on any atom is 0.274 e. The molecule has 1 aromatic carbocycles. The number of hydrogen-bond acceptors (Lipinski definition) is 2. The summed E-state index contributed by atoms with van der Waals surface area (Å²) in [7, 11) is 0. The summed E-state index contributed by atoms with van der Waals surface area (Å²) < 4.78 is 1.39. The highest BCUT2D eigenvalue weighted by atomic mass is 16.2.